The second kappa shape index (κ2) is 8.31. The third-order valence-corrected chi connectivity index (χ3v) is 3.89. The highest BCUT2D eigenvalue weighted by atomic mass is 16.5. The number of carbonyl (C=O) groups is 1. The molecule has 1 aliphatic heterocycles. The molecule has 5 nitrogen and oxygen atoms in total. The fourth-order valence-electron chi connectivity index (χ4n) is 2.62. The van der Waals surface area contributed by atoms with Crippen molar-refractivity contribution in [1.29, 1.82) is 0 Å². The maximum atomic E-state index is 11.2. The first kappa shape index (κ1) is 17.0. The molecule has 1 amide bonds. The molecule has 122 valence electrons. The number of rotatable bonds is 6. The molecule has 0 spiro atoms. The molecular weight excluding hydrogens is 290 g/mol. The number of piperazine rings is 1. The van der Waals surface area contributed by atoms with Crippen LogP contribution in [-0.2, 0) is 4.79 Å². The van der Waals surface area contributed by atoms with Gasteiger partial charge in [0.1, 0.15) is 0 Å². The highest BCUT2D eigenvalue weighted by Crippen LogP contribution is 2.23. The zero-order valence-electron chi connectivity index (χ0n) is 13.2. The number of para-hydroxylation sites is 1. The van der Waals surface area contributed by atoms with E-state index in [9.17, 15) is 4.79 Å². The summed E-state index contributed by atoms with van der Waals surface area (Å²) in [6, 6.07) is 7.94. The Labute approximate surface area is 137 Å². The van der Waals surface area contributed by atoms with E-state index in [4.69, 9.17) is 5.21 Å². The first-order valence-electron chi connectivity index (χ1n) is 7.62. The first-order chi connectivity index (χ1) is 11.1. The van der Waals surface area contributed by atoms with E-state index in [2.05, 4.69) is 29.0 Å². The van der Waals surface area contributed by atoms with Crippen molar-refractivity contribution in [3.63, 3.8) is 0 Å². The van der Waals surface area contributed by atoms with Gasteiger partial charge in [-0.2, -0.15) is 0 Å². The Kier molecular flexibility index (Phi) is 6.14. The second-order valence-corrected chi connectivity index (χ2v) is 5.49. The largest absolute Gasteiger partial charge is 0.368 e. The predicted octanol–water partition coefficient (Wildman–Crippen LogP) is 2.07. The van der Waals surface area contributed by atoms with E-state index < -0.39 is 5.91 Å². The third-order valence-electron chi connectivity index (χ3n) is 3.89. The molecule has 1 heterocycles. The van der Waals surface area contributed by atoms with E-state index in [-0.39, 0.29) is 0 Å². The van der Waals surface area contributed by atoms with E-state index in [1.54, 1.807) is 17.6 Å². The van der Waals surface area contributed by atoms with Crippen molar-refractivity contribution in [2.75, 3.05) is 37.6 Å². The van der Waals surface area contributed by atoms with Crippen molar-refractivity contribution in [3.05, 3.63) is 60.7 Å². The lowest BCUT2D eigenvalue weighted by Crippen LogP contribution is -2.47. The van der Waals surface area contributed by atoms with Gasteiger partial charge in [-0.25, -0.2) is 5.48 Å². The minimum Gasteiger partial charge on any atom is -0.368 e. The summed E-state index contributed by atoms with van der Waals surface area (Å²) >= 11 is 0. The number of anilines is 1. The highest BCUT2D eigenvalue weighted by molar-refractivity contribution is 5.91. The van der Waals surface area contributed by atoms with Crippen molar-refractivity contribution < 1.29 is 10.0 Å². The van der Waals surface area contributed by atoms with Crippen molar-refractivity contribution in [2.45, 2.75) is 0 Å². The molecule has 0 aromatic heterocycles. The number of carbonyl (C=O) groups excluding carboxylic acids is 1. The summed E-state index contributed by atoms with van der Waals surface area (Å²) in [6.45, 7) is 12.3. The minimum atomic E-state index is -0.535. The van der Waals surface area contributed by atoms with E-state index in [1.807, 2.05) is 18.2 Å². The summed E-state index contributed by atoms with van der Waals surface area (Å²) in [5.41, 5.74) is 4.69. The van der Waals surface area contributed by atoms with Gasteiger partial charge in [-0.15, -0.1) is 0 Å². The van der Waals surface area contributed by atoms with Gasteiger partial charge in [-0.1, -0.05) is 37.4 Å². The first-order valence-corrected chi connectivity index (χ1v) is 7.62. The number of amides is 1. The number of nitrogens with zero attached hydrogens (tertiary/aromatic N) is 2. The van der Waals surface area contributed by atoms with Gasteiger partial charge >= 0.3 is 0 Å². The molecule has 0 radical (unpaired) electrons. The van der Waals surface area contributed by atoms with Crippen LogP contribution in [0.1, 0.15) is 5.56 Å². The standard InChI is InChI=1S/C18H23N3O2/c1-3-15(2)14-20-10-12-21(13-11-20)17-7-5-4-6-16(17)8-9-18(22)19-23/h3-9,23H,1-2,10-14H2,(H,19,22)/b9-8+. The predicted molar refractivity (Wildman–Crippen MR) is 93.4 cm³/mol. The van der Waals surface area contributed by atoms with Gasteiger partial charge in [-0.3, -0.25) is 14.9 Å². The molecule has 2 rings (SSSR count). The van der Waals surface area contributed by atoms with Gasteiger partial charge in [0.15, 0.2) is 0 Å². The van der Waals surface area contributed by atoms with Gasteiger partial charge in [-0.05, 0) is 23.3 Å². The summed E-state index contributed by atoms with van der Waals surface area (Å²) in [5, 5.41) is 8.57. The molecule has 1 aromatic carbocycles. The van der Waals surface area contributed by atoms with E-state index in [0.29, 0.717) is 0 Å². The van der Waals surface area contributed by atoms with Gasteiger partial charge in [0.2, 0.25) is 0 Å². The molecule has 0 atom stereocenters. The molecule has 2 N–H and O–H groups in total. The van der Waals surface area contributed by atoms with Crippen LogP contribution in [-0.4, -0.2) is 48.7 Å². The summed E-state index contributed by atoms with van der Waals surface area (Å²) in [4.78, 5) is 15.8. The van der Waals surface area contributed by atoms with Gasteiger partial charge in [0, 0.05) is 44.5 Å². The molecule has 5 heteroatoms. The van der Waals surface area contributed by atoms with Crippen LogP contribution in [0.15, 0.2) is 55.1 Å². The van der Waals surface area contributed by atoms with E-state index >= 15 is 0 Å². The lowest BCUT2D eigenvalue weighted by molar-refractivity contribution is -0.124. The lowest BCUT2D eigenvalue weighted by atomic mass is 10.1. The average Bonchev–Trinajstić information content (AvgIpc) is 2.60. The van der Waals surface area contributed by atoms with Crippen molar-refractivity contribution >= 4 is 17.7 Å². The molecule has 1 fully saturated rings. The van der Waals surface area contributed by atoms with Crippen LogP contribution in [0.2, 0.25) is 0 Å². The number of benzene rings is 1. The van der Waals surface area contributed by atoms with Crippen LogP contribution in [0.5, 0.6) is 0 Å². The monoisotopic (exact) mass is 313 g/mol. The molecular formula is C18H23N3O2. The summed E-state index contributed by atoms with van der Waals surface area (Å²) in [7, 11) is 0. The van der Waals surface area contributed by atoms with Gasteiger partial charge < -0.3 is 4.90 Å². The molecule has 0 bridgehead atoms. The molecule has 1 aromatic rings. The number of hydrogen-bond acceptors (Lipinski definition) is 4. The van der Waals surface area contributed by atoms with Crippen molar-refractivity contribution in [1.82, 2.24) is 10.4 Å². The van der Waals surface area contributed by atoms with Crippen LogP contribution in [0, 0.1) is 0 Å². The number of hydrogen-bond donors (Lipinski definition) is 2. The second-order valence-electron chi connectivity index (χ2n) is 5.49. The maximum absolute atomic E-state index is 11.2. The highest BCUT2D eigenvalue weighted by Gasteiger charge is 2.18. The van der Waals surface area contributed by atoms with Gasteiger partial charge in [0.25, 0.3) is 5.91 Å². The van der Waals surface area contributed by atoms with Crippen LogP contribution >= 0.6 is 0 Å². The van der Waals surface area contributed by atoms with Crippen LogP contribution in [0.25, 0.3) is 6.08 Å². The van der Waals surface area contributed by atoms with Gasteiger partial charge in [0.05, 0.1) is 0 Å². The van der Waals surface area contributed by atoms with Crippen LogP contribution in [0.4, 0.5) is 5.69 Å². The Hall–Kier alpha value is -2.37. The summed E-state index contributed by atoms with van der Waals surface area (Å²) in [5.74, 6) is -0.535. The maximum Gasteiger partial charge on any atom is 0.267 e. The Morgan fingerprint density at radius 3 is 2.61 bits per heavy atom. The smallest absolute Gasteiger partial charge is 0.267 e. The molecule has 1 saturated heterocycles. The molecule has 23 heavy (non-hydrogen) atoms. The molecule has 0 unspecified atom stereocenters. The fourth-order valence-corrected chi connectivity index (χ4v) is 2.62. The molecule has 1 aliphatic rings. The summed E-state index contributed by atoms with van der Waals surface area (Å²) < 4.78 is 0. The lowest BCUT2D eigenvalue weighted by Gasteiger charge is -2.36. The van der Waals surface area contributed by atoms with E-state index in [1.165, 1.54) is 6.08 Å². The van der Waals surface area contributed by atoms with Crippen molar-refractivity contribution in [2.24, 2.45) is 0 Å². The number of hydroxylamine groups is 1. The van der Waals surface area contributed by atoms with E-state index in [0.717, 1.165) is 49.5 Å². The Morgan fingerprint density at radius 1 is 1.26 bits per heavy atom. The molecule has 0 saturated carbocycles. The SMILES string of the molecule is C=CC(=C)CN1CCN(c2ccccc2/C=C/C(=O)NO)CC1. The normalized spacial score (nSPS) is 15.6. The quantitative estimate of drug-likeness (QED) is 0.365. The topological polar surface area (TPSA) is 55.8 Å². The van der Waals surface area contributed by atoms with Crippen LogP contribution < -0.4 is 10.4 Å². The third kappa shape index (κ3) is 4.81. The Morgan fingerprint density at radius 2 is 1.96 bits per heavy atom. The average molecular weight is 313 g/mol. The fraction of sp³-hybridized carbons (Fsp3) is 0.278. The zero-order valence-corrected chi connectivity index (χ0v) is 13.2. The van der Waals surface area contributed by atoms with Crippen LogP contribution in [0.3, 0.4) is 0 Å². The Bertz CT molecular complexity index is 602. The zero-order chi connectivity index (χ0) is 16.7. The molecule has 0 aliphatic carbocycles. The Balaban J connectivity index is 2.03. The number of nitrogens with one attached hydrogen (secondary N) is 1. The summed E-state index contributed by atoms with van der Waals surface area (Å²) in [6.07, 6.45) is 4.84. The van der Waals surface area contributed by atoms with Crippen molar-refractivity contribution in [3.8, 4) is 0 Å². The minimum absolute atomic E-state index is 0.535.